The van der Waals surface area contributed by atoms with Crippen LogP contribution in [-0.4, -0.2) is 35.8 Å². The van der Waals surface area contributed by atoms with E-state index >= 15 is 0 Å². The summed E-state index contributed by atoms with van der Waals surface area (Å²) in [6.07, 6.45) is 7.33. The lowest BCUT2D eigenvalue weighted by Gasteiger charge is -2.21. The molecule has 19 heavy (non-hydrogen) atoms. The Hall–Kier alpha value is -1.32. The molecule has 0 spiro atoms. The van der Waals surface area contributed by atoms with Crippen molar-refractivity contribution >= 4 is 11.8 Å². The van der Waals surface area contributed by atoms with E-state index in [9.17, 15) is 9.59 Å². The molecule has 2 aliphatic rings. The van der Waals surface area contributed by atoms with Crippen LogP contribution in [0.2, 0.25) is 0 Å². The predicted molar refractivity (Wildman–Crippen MR) is 74.5 cm³/mol. The molecule has 0 aromatic rings. The molecule has 1 atom stereocenters. The van der Waals surface area contributed by atoms with Gasteiger partial charge in [0, 0.05) is 25.6 Å². The maximum atomic E-state index is 12.1. The summed E-state index contributed by atoms with van der Waals surface area (Å²) in [5, 5.41) is 2.99. The minimum absolute atomic E-state index is 0.0305. The van der Waals surface area contributed by atoms with Crippen LogP contribution in [0.25, 0.3) is 0 Å². The first-order valence-electron chi connectivity index (χ1n) is 7.33. The van der Waals surface area contributed by atoms with Crippen LogP contribution in [-0.2, 0) is 9.59 Å². The Morgan fingerprint density at radius 2 is 2.26 bits per heavy atom. The van der Waals surface area contributed by atoms with Gasteiger partial charge in [-0.2, -0.15) is 0 Å². The largest absolute Gasteiger partial charge is 0.352 e. The Kier molecular flexibility index (Phi) is 4.61. The second kappa shape index (κ2) is 6.22. The predicted octanol–water partition coefficient (Wildman–Crippen LogP) is 1.86. The zero-order chi connectivity index (χ0) is 13.8. The first kappa shape index (κ1) is 14.1. The molecule has 2 amide bonds. The van der Waals surface area contributed by atoms with Gasteiger partial charge >= 0.3 is 0 Å². The number of allylic oxidation sites excluding steroid dienone is 1. The van der Waals surface area contributed by atoms with Gasteiger partial charge in [-0.3, -0.25) is 9.59 Å². The number of amides is 2. The summed E-state index contributed by atoms with van der Waals surface area (Å²) in [6.45, 7) is 5.21. The summed E-state index contributed by atoms with van der Waals surface area (Å²) in [6, 6.07) is 0.186. The van der Waals surface area contributed by atoms with Crippen LogP contribution in [0.3, 0.4) is 0 Å². The van der Waals surface area contributed by atoms with Gasteiger partial charge in [-0.05, 0) is 39.5 Å². The van der Waals surface area contributed by atoms with Crippen molar-refractivity contribution in [3.05, 3.63) is 11.6 Å². The van der Waals surface area contributed by atoms with E-state index in [1.807, 2.05) is 13.8 Å². The fourth-order valence-corrected chi connectivity index (χ4v) is 2.82. The van der Waals surface area contributed by atoms with Gasteiger partial charge in [0.25, 0.3) is 0 Å². The van der Waals surface area contributed by atoms with Crippen molar-refractivity contribution < 1.29 is 9.59 Å². The highest BCUT2D eigenvalue weighted by molar-refractivity contribution is 5.89. The number of nitrogens with one attached hydrogen (secondary N) is 1. The summed E-state index contributed by atoms with van der Waals surface area (Å²) in [7, 11) is 0. The molecule has 1 saturated heterocycles. The number of hydrogen-bond donors (Lipinski definition) is 1. The Morgan fingerprint density at radius 3 is 2.84 bits per heavy atom. The SMILES string of the molecule is CC(C)N1C[C@@H](C(=O)NCC2=CCCCC2)CC1=O. The van der Waals surface area contributed by atoms with Gasteiger partial charge < -0.3 is 10.2 Å². The van der Waals surface area contributed by atoms with Crippen molar-refractivity contribution in [2.24, 2.45) is 5.92 Å². The Morgan fingerprint density at radius 1 is 1.47 bits per heavy atom. The lowest BCUT2D eigenvalue weighted by Crippen LogP contribution is -2.36. The van der Waals surface area contributed by atoms with E-state index in [-0.39, 0.29) is 23.8 Å². The van der Waals surface area contributed by atoms with Crippen molar-refractivity contribution in [3.63, 3.8) is 0 Å². The van der Waals surface area contributed by atoms with E-state index in [1.165, 1.54) is 18.4 Å². The van der Waals surface area contributed by atoms with Crippen molar-refractivity contribution in [1.29, 1.82) is 0 Å². The summed E-state index contributed by atoms with van der Waals surface area (Å²) in [5.74, 6) is -0.0332. The third-order valence-electron chi connectivity index (χ3n) is 4.03. The summed E-state index contributed by atoms with van der Waals surface area (Å²) < 4.78 is 0. The number of hydrogen-bond acceptors (Lipinski definition) is 2. The van der Waals surface area contributed by atoms with Crippen molar-refractivity contribution in [2.45, 2.75) is 52.0 Å². The minimum Gasteiger partial charge on any atom is -0.352 e. The molecule has 1 aliphatic carbocycles. The Bertz CT molecular complexity index is 388. The molecule has 0 aromatic heterocycles. The molecule has 1 fully saturated rings. The van der Waals surface area contributed by atoms with Crippen molar-refractivity contribution in [1.82, 2.24) is 10.2 Å². The molecule has 4 nitrogen and oxygen atoms in total. The lowest BCUT2D eigenvalue weighted by atomic mass is 9.99. The fourth-order valence-electron chi connectivity index (χ4n) is 2.82. The normalized spacial score (nSPS) is 23.7. The van der Waals surface area contributed by atoms with Crippen LogP contribution in [0.15, 0.2) is 11.6 Å². The van der Waals surface area contributed by atoms with Crippen LogP contribution in [0, 0.1) is 5.92 Å². The van der Waals surface area contributed by atoms with Gasteiger partial charge in [0.15, 0.2) is 0 Å². The van der Waals surface area contributed by atoms with E-state index < -0.39 is 0 Å². The van der Waals surface area contributed by atoms with Crippen LogP contribution in [0.1, 0.15) is 46.0 Å². The highest BCUT2D eigenvalue weighted by atomic mass is 16.2. The third kappa shape index (κ3) is 3.58. The average molecular weight is 264 g/mol. The monoisotopic (exact) mass is 264 g/mol. The topological polar surface area (TPSA) is 49.4 Å². The molecule has 0 unspecified atom stereocenters. The fraction of sp³-hybridized carbons (Fsp3) is 0.733. The number of nitrogens with zero attached hydrogens (tertiary/aromatic N) is 1. The maximum absolute atomic E-state index is 12.1. The van der Waals surface area contributed by atoms with E-state index in [0.29, 0.717) is 19.5 Å². The molecule has 1 heterocycles. The smallest absolute Gasteiger partial charge is 0.225 e. The van der Waals surface area contributed by atoms with Crippen LogP contribution in [0.5, 0.6) is 0 Å². The molecule has 0 aromatic carbocycles. The van der Waals surface area contributed by atoms with E-state index in [2.05, 4.69) is 11.4 Å². The number of likely N-dealkylation sites (tertiary alicyclic amines) is 1. The van der Waals surface area contributed by atoms with Crippen LogP contribution >= 0.6 is 0 Å². The standard InChI is InChI=1S/C15H24N2O2/c1-11(2)17-10-13(8-14(17)18)15(19)16-9-12-6-4-3-5-7-12/h6,11,13H,3-5,7-10H2,1-2H3,(H,16,19)/t13-/m0/s1. The second-order valence-electron chi connectivity index (χ2n) is 5.87. The molecule has 0 bridgehead atoms. The molecule has 0 saturated carbocycles. The molecule has 1 N–H and O–H groups in total. The van der Waals surface area contributed by atoms with Gasteiger partial charge in [-0.15, -0.1) is 0 Å². The highest BCUT2D eigenvalue weighted by Crippen LogP contribution is 2.21. The van der Waals surface area contributed by atoms with Gasteiger partial charge in [-0.25, -0.2) is 0 Å². The van der Waals surface area contributed by atoms with Crippen LogP contribution in [0.4, 0.5) is 0 Å². The zero-order valence-electron chi connectivity index (χ0n) is 11.9. The molecule has 0 radical (unpaired) electrons. The van der Waals surface area contributed by atoms with Crippen molar-refractivity contribution in [3.8, 4) is 0 Å². The Balaban J connectivity index is 1.81. The van der Waals surface area contributed by atoms with Crippen LogP contribution < -0.4 is 5.32 Å². The van der Waals surface area contributed by atoms with E-state index in [1.54, 1.807) is 4.90 Å². The van der Waals surface area contributed by atoms with Gasteiger partial charge in [0.1, 0.15) is 0 Å². The lowest BCUT2D eigenvalue weighted by molar-refractivity contribution is -0.129. The molecular weight excluding hydrogens is 240 g/mol. The van der Waals surface area contributed by atoms with E-state index in [4.69, 9.17) is 0 Å². The van der Waals surface area contributed by atoms with E-state index in [0.717, 1.165) is 12.8 Å². The number of carbonyl (C=O) groups is 2. The first-order chi connectivity index (χ1) is 9.08. The van der Waals surface area contributed by atoms with Gasteiger partial charge in [-0.1, -0.05) is 11.6 Å². The number of carbonyl (C=O) groups excluding carboxylic acids is 2. The summed E-state index contributed by atoms with van der Waals surface area (Å²) in [5.41, 5.74) is 1.34. The second-order valence-corrected chi connectivity index (χ2v) is 5.87. The summed E-state index contributed by atoms with van der Waals surface area (Å²) >= 11 is 0. The molecule has 1 aliphatic heterocycles. The quantitative estimate of drug-likeness (QED) is 0.788. The average Bonchev–Trinajstić information content (AvgIpc) is 2.79. The minimum atomic E-state index is -0.168. The maximum Gasteiger partial charge on any atom is 0.225 e. The highest BCUT2D eigenvalue weighted by Gasteiger charge is 2.35. The zero-order valence-corrected chi connectivity index (χ0v) is 11.9. The third-order valence-corrected chi connectivity index (χ3v) is 4.03. The molecule has 2 rings (SSSR count). The van der Waals surface area contributed by atoms with Gasteiger partial charge in [0.2, 0.25) is 11.8 Å². The van der Waals surface area contributed by atoms with Gasteiger partial charge in [0.05, 0.1) is 5.92 Å². The molecular formula is C15H24N2O2. The summed E-state index contributed by atoms with van der Waals surface area (Å²) in [4.78, 5) is 25.7. The Labute approximate surface area is 115 Å². The number of rotatable bonds is 4. The molecule has 106 valence electrons. The molecule has 4 heteroatoms. The van der Waals surface area contributed by atoms with Crippen molar-refractivity contribution in [2.75, 3.05) is 13.1 Å². The first-order valence-corrected chi connectivity index (χ1v) is 7.33.